The summed E-state index contributed by atoms with van der Waals surface area (Å²) in [4.78, 5) is 16.2. The van der Waals surface area contributed by atoms with E-state index >= 15 is 0 Å². The van der Waals surface area contributed by atoms with Gasteiger partial charge in [-0.3, -0.25) is 4.98 Å². The van der Waals surface area contributed by atoms with Gasteiger partial charge in [-0.1, -0.05) is 41.4 Å². The number of hydrogen-bond donors (Lipinski definition) is 2. The fourth-order valence-electron chi connectivity index (χ4n) is 3.58. The van der Waals surface area contributed by atoms with Crippen molar-refractivity contribution in [1.82, 2.24) is 14.6 Å². The molecule has 0 unspecified atom stereocenters. The van der Waals surface area contributed by atoms with Crippen LogP contribution in [0.5, 0.6) is 0 Å². The predicted molar refractivity (Wildman–Crippen MR) is 146 cm³/mol. The first-order chi connectivity index (χ1) is 18.2. The number of carbonyl (C=O) groups excluding carboxylic acids is 1. The van der Waals surface area contributed by atoms with Crippen LogP contribution in [0.15, 0.2) is 96.2 Å². The smallest absolute Gasteiger partial charge is 0.319 e. The van der Waals surface area contributed by atoms with Gasteiger partial charge < -0.3 is 10.6 Å². The van der Waals surface area contributed by atoms with E-state index in [1.807, 2.05) is 0 Å². The molecule has 0 fully saturated rings. The van der Waals surface area contributed by atoms with E-state index < -0.39 is 21.9 Å². The molecule has 0 saturated heterocycles. The summed E-state index contributed by atoms with van der Waals surface area (Å²) in [6, 6.07) is 19.4. The molecule has 0 radical (unpaired) electrons. The van der Waals surface area contributed by atoms with Crippen molar-refractivity contribution in [2.24, 2.45) is 0 Å². The van der Waals surface area contributed by atoms with Gasteiger partial charge in [-0.25, -0.2) is 17.6 Å². The average Bonchev–Trinajstić information content (AvgIpc) is 2.90. The lowest BCUT2D eigenvalue weighted by Gasteiger charge is -2.23. The van der Waals surface area contributed by atoms with Crippen molar-refractivity contribution in [2.75, 3.05) is 5.32 Å². The van der Waals surface area contributed by atoms with Crippen molar-refractivity contribution in [3.63, 3.8) is 0 Å². The number of halogens is 3. The zero-order valence-corrected chi connectivity index (χ0v) is 22.3. The second-order valence-electron chi connectivity index (χ2n) is 8.32. The molecule has 0 aliphatic carbocycles. The Kier molecular flexibility index (Phi) is 8.96. The SMILES string of the molecule is O=C(NCc1ccncc1)Nc1ccc(S(=O)(=O)N(Cc2ccc(F)cc2)Cc2ccc(Cl)cc2Cl)cc1. The number of nitrogens with one attached hydrogen (secondary N) is 2. The minimum Gasteiger partial charge on any atom is -0.334 e. The lowest BCUT2D eigenvalue weighted by Crippen LogP contribution is -2.30. The summed E-state index contributed by atoms with van der Waals surface area (Å²) in [6.45, 7) is 0.262. The number of benzene rings is 3. The number of rotatable bonds is 9. The summed E-state index contributed by atoms with van der Waals surface area (Å²) in [5, 5.41) is 6.16. The number of carbonyl (C=O) groups is 1. The molecule has 0 saturated carbocycles. The fraction of sp³-hybridized carbons (Fsp3) is 0.111. The minimum atomic E-state index is -4.01. The quantitative estimate of drug-likeness (QED) is 0.248. The minimum absolute atomic E-state index is 0.0149. The molecule has 4 aromatic rings. The fourth-order valence-corrected chi connectivity index (χ4v) is 5.45. The number of pyridine rings is 1. The summed E-state index contributed by atoms with van der Waals surface area (Å²) in [5.41, 5.74) is 2.47. The Morgan fingerprint density at radius 1 is 0.868 bits per heavy atom. The molecule has 1 aromatic heterocycles. The van der Waals surface area contributed by atoms with Crippen LogP contribution in [0.4, 0.5) is 14.9 Å². The Morgan fingerprint density at radius 3 is 2.21 bits per heavy atom. The molecule has 11 heteroatoms. The maximum atomic E-state index is 13.7. The van der Waals surface area contributed by atoms with Gasteiger partial charge in [0.15, 0.2) is 0 Å². The van der Waals surface area contributed by atoms with Crippen LogP contribution >= 0.6 is 23.2 Å². The molecule has 2 amide bonds. The van der Waals surface area contributed by atoms with E-state index in [-0.39, 0.29) is 18.0 Å². The molecule has 4 rings (SSSR count). The summed E-state index contributed by atoms with van der Waals surface area (Å²) in [7, 11) is -4.01. The molecule has 0 atom stereocenters. The molecule has 1 heterocycles. The first-order valence-electron chi connectivity index (χ1n) is 11.4. The highest BCUT2D eigenvalue weighted by molar-refractivity contribution is 7.89. The molecular weight excluding hydrogens is 550 g/mol. The number of nitrogens with zero attached hydrogens (tertiary/aromatic N) is 2. The highest BCUT2D eigenvalue weighted by atomic mass is 35.5. The van der Waals surface area contributed by atoms with E-state index in [2.05, 4.69) is 15.6 Å². The van der Waals surface area contributed by atoms with E-state index in [0.29, 0.717) is 33.4 Å². The van der Waals surface area contributed by atoms with Crippen molar-refractivity contribution in [3.05, 3.63) is 124 Å². The lowest BCUT2D eigenvalue weighted by molar-refractivity contribution is 0.251. The molecule has 0 aliphatic rings. The van der Waals surface area contributed by atoms with Gasteiger partial charge >= 0.3 is 6.03 Å². The number of aromatic nitrogens is 1. The standard InChI is InChI=1S/C27H23Cl2FN4O3S/c28-22-4-3-21(26(29)15-22)18-34(17-20-1-5-23(30)6-2-20)38(36,37)25-9-7-24(8-10-25)33-27(35)32-16-19-11-13-31-14-12-19/h1-15H,16-18H2,(H2,32,33,35). The second kappa shape index (κ2) is 12.4. The van der Waals surface area contributed by atoms with Gasteiger partial charge in [-0.05, 0) is 77.4 Å². The van der Waals surface area contributed by atoms with Gasteiger partial charge in [0, 0.05) is 47.8 Å². The Balaban J connectivity index is 1.51. The maximum Gasteiger partial charge on any atom is 0.319 e. The normalized spacial score (nSPS) is 11.4. The van der Waals surface area contributed by atoms with E-state index in [1.165, 1.54) is 52.8 Å². The van der Waals surface area contributed by atoms with Crippen molar-refractivity contribution in [1.29, 1.82) is 0 Å². The first kappa shape index (κ1) is 27.5. The highest BCUT2D eigenvalue weighted by Crippen LogP contribution is 2.27. The zero-order valence-electron chi connectivity index (χ0n) is 19.9. The monoisotopic (exact) mass is 572 g/mol. The molecule has 0 bridgehead atoms. The molecule has 0 spiro atoms. The van der Waals surface area contributed by atoms with Crippen LogP contribution in [0.2, 0.25) is 10.0 Å². The topological polar surface area (TPSA) is 91.4 Å². The van der Waals surface area contributed by atoms with Crippen molar-refractivity contribution >= 4 is 44.9 Å². The molecule has 7 nitrogen and oxygen atoms in total. The molecular formula is C27H23Cl2FN4O3S. The third-order valence-electron chi connectivity index (χ3n) is 5.59. The van der Waals surface area contributed by atoms with Crippen LogP contribution < -0.4 is 10.6 Å². The van der Waals surface area contributed by atoms with Crippen LogP contribution in [0.3, 0.4) is 0 Å². The van der Waals surface area contributed by atoms with Gasteiger partial charge in [-0.15, -0.1) is 0 Å². The number of hydrogen-bond acceptors (Lipinski definition) is 4. The predicted octanol–water partition coefficient (Wildman–Crippen LogP) is 6.24. The summed E-state index contributed by atoms with van der Waals surface area (Å²) < 4.78 is 42.0. The van der Waals surface area contributed by atoms with Crippen molar-refractivity contribution < 1.29 is 17.6 Å². The van der Waals surface area contributed by atoms with Crippen molar-refractivity contribution in [3.8, 4) is 0 Å². The zero-order chi connectivity index (χ0) is 27.1. The van der Waals surface area contributed by atoms with Crippen LogP contribution in [0.25, 0.3) is 0 Å². The Bertz CT molecular complexity index is 1500. The van der Waals surface area contributed by atoms with Crippen LogP contribution in [-0.2, 0) is 29.7 Å². The third kappa shape index (κ3) is 7.29. The molecule has 3 aromatic carbocycles. The largest absolute Gasteiger partial charge is 0.334 e. The van der Waals surface area contributed by atoms with Crippen LogP contribution in [0, 0.1) is 5.82 Å². The van der Waals surface area contributed by atoms with Crippen molar-refractivity contribution in [2.45, 2.75) is 24.5 Å². The van der Waals surface area contributed by atoms with Gasteiger partial charge in [-0.2, -0.15) is 4.31 Å². The lowest BCUT2D eigenvalue weighted by atomic mass is 10.2. The van der Waals surface area contributed by atoms with E-state index in [4.69, 9.17) is 23.2 Å². The maximum absolute atomic E-state index is 13.7. The molecule has 0 aliphatic heterocycles. The summed E-state index contributed by atoms with van der Waals surface area (Å²) >= 11 is 12.3. The van der Waals surface area contributed by atoms with Gasteiger partial charge in [0.25, 0.3) is 0 Å². The van der Waals surface area contributed by atoms with E-state index in [0.717, 1.165) is 5.56 Å². The Morgan fingerprint density at radius 2 is 1.55 bits per heavy atom. The van der Waals surface area contributed by atoms with E-state index in [1.54, 1.807) is 42.7 Å². The van der Waals surface area contributed by atoms with Gasteiger partial charge in [0.1, 0.15) is 5.82 Å². The number of amides is 2. The molecule has 38 heavy (non-hydrogen) atoms. The Labute approximate surface area is 230 Å². The number of urea groups is 1. The van der Waals surface area contributed by atoms with Crippen LogP contribution in [-0.4, -0.2) is 23.7 Å². The van der Waals surface area contributed by atoms with Gasteiger partial charge in [0.05, 0.1) is 4.90 Å². The molecule has 2 N–H and O–H groups in total. The van der Waals surface area contributed by atoms with Gasteiger partial charge in [0.2, 0.25) is 10.0 Å². The average molecular weight is 573 g/mol. The second-order valence-corrected chi connectivity index (χ2v) is 11.1. The highest BCUT2D eigenvalue weighted by Gasteiger charge is 2.26. The number of sulfonamides is 1. The van der Waals surface area contributed by atoms with E-state index in [9.17, 15) is 17.6 Å². The summed E-state index contributed by atoms with van der Waals surface area (Å²) in [6.07, 6.45) is 3.27. The first-order valence-corrected chi connectivity index (χ1v) is 13.6. The number of anilines is 1. The van der Waals surface area contributed by atoms with Crippen LogP contribution in [0.1, 0.15) is 16.7 Å². The third-order valence-corrected chi connectivity index (χ3v) is 7.98. The summed E-state index contributed by atoms with van der Waals surface area (Å²) in [5.74, 6) is -0.420. The molecule has 196 valence electrons. The Hall–Kier alpha value is -3.50.